The molecule has 118 valence electrons. The van der Waals surface area contributed by atoms with E-state index in [1.165, 1.54) is 16.7 Å². The van der Waals surface area contributed by atoms with Crippen LogP contribution in [0.2, 0.25) is 0 Å². The van der Waals surface area contributed by atoms with Gasteiger partial charge in [0, 0.05) is 12.1 Å². The van der Waals surface area contributed by atoms with E-state index in [9.17, 15) is 0 Å². The van der Waals surface area contributed by atoms with E-state index < -0.39 is 0 Å². The van der Waals surface area contributed by atoms with E-state index in [0.29, 0.717) is 6.54 Å². The van der Waals surface area contributed by atoms with Gasteiger partial charge >= 0.3 is 0 Å². The van der Waals surface area contributed by atoms with Crippen molar-refractivity contribution in [2.75, 3.05) is 0 Å². The lowest BCUT2D eigenvalue weighted by atomic mass is 10.0. The van der Waals surface area contributed by atoms with Crippen molar-refractivity contribution in [2.45, 2.75) is 34.2 Å². The standard InChI is InChI=1S/C19H22N4/c1-12-5-6-14(3)18(9-12)23-19(17(11-20)21-22-23)16-8-7-13(2)15(4)10-16/h5-10H,11,20H2,1-4H3. The lowest BCUT2D eigenvalue weighted by molar-refractivity contribution is 0.795. The fourth-order valence-electron chi connectivity index (χ4n) is 2.74. The molecule has 0 aliphatic heterocycles. The van der Waals surface area contributed by atoms with Gasteiger partial charge in [0.2, 0.25) is 0 Å². The minimum Gasteiger partial charge on any atom is -0.325 e. The van der Waals surface area contributed by atoms with Crippen LogP contribution >= 0.6 is 0 Å². The Morgan fingerprint density at radius 3 is 2.35 bits per heavy atom. The van der Waals surface area contributed by atoms with Crippen LogP contribution in [-0.2, 0) is 6.54 Å². The fourth-order valence-corrected chi connectivity index (χ4v) is 2.74. The van der Waals surface area contributed by atoms with Gasteiger partial charge in [0.15, 0.2) is 0 Å². The van der Waals surface area contributed by atoms with Gasteiger partial charge < -0.3 is 5.73 Å². The summed E-state index contributed by atoms with van der Waals surface area (Å²) >= 11 is 0. The Bertz CT molecular complexity index is 862. The molecule has 4 heteroatoms. The van der Waals surface area contributed by atoms with Gasteiger partial charge in [-0.25, -0.2) is 4.68 Å². The number of nitrogens with zero attached hydrogens (tertiary/aromatic N) is 3. The largest absolute Gasteiger partial charge is 0.325 e. The van der Waals surface area contributed by atoms with E-state index in [2.05, 4.69) is 74.4 Å². The van der Waals surface area contributed by atoms with Crippen LogP contribution in [0.5, 0.6) is 0 Å². The number of rotatable bonds is 3. The first-order valence-corrected chi connectivity index (χ1v) is 7.81. The minimum atomic E-state index is 0.368. The van der Waals surface area contributed by atoms with Crippen LogP contribution in [0, 0.1) is 27.7 Å². The van der Waals surface area contributed by atoms with Crippen LogP contribution in [0.15, 0.2) is 36.4 Å². The molecule has 0 aliphatic rings. The minimum absolute atomic E-state index is 0.368. The molecule has 0 aliphatic carbocycles. The molecule has 0 saturated heterocycles. The summed E-state index contributed by atoms with van der Waals surface area (Å²) in [5, 5.41) is 8.67. The van der Waals surface area contributed by atoms with Crippen molar-refractivity contribution in [2.24, 2.45) is 5.73 Å². The summed E-state index contributed by atoms with van der Waals surface area (Å²) in [4.78, 5) is 0. The van der Waals surface area contributed by atoms with Crippen molar-refractivity contribution in [3.05, 3.63) is 64.3 Å². The van der Waals surface area contributed by atoms with Crippen LogP contribution in [0.3, 0.4) is 0 Å². The monoisotopic (exact) mass is 306 g/mol. The molecule has 3 aromatic rings. The average Bonchev–Trinajstić information content (AvgIpc) is 2.96. The molecule has 2 aromatic carbocycles. The third-order valence-electron chi connectivity index (χ3n) is 4.31. The van der Waals surface area contributed by atoms with E-state index in [1.807, 2.05) is 4.68 Å². The highest BCUT2D eigenvalue weighted by Crippen LogP contribution is 2.28. The van der Waals surface area contributed by atoms with Gasteiger partial charge in [-0.1, -0.05) is 29.5 Å². The Hall–Kier alpha value is -2.46. The van der Waals surface area contributed by atoms with Gasteiger partial charge in [0.25, 0.3) is 0 Å². The molecule has 0 atom stereocenters. The zero-order chi connectivity index (χ0) is 16.6. The summed E-state index contributed by atoms with van der Waals surface area (Å²) < 4.78 is 1.91. The first kappa shape index (κ1) is 15.4. The van der Waals surface area contributed by atoms with E-state index in [4.69, 9.17) is 5.73 Å². The maximum Gasteiger partial charge on any atom is 0.105 e. The van der Waals surface area contributed by atoms with E-state index in [0.717, 1.165) is 28.2 Å². The van der Waals surface area contributed by atoms with Gasteiger partial charge in [0.1, 0.15) is 5.69 Å². The first-order chi connectivity index (χ1) is 11.0. The Labute approximate surface area is 137 Å². The number of nitrogens with two attached hydrogens (primary N) is 1. The van der Waals surface area contributed by atoms with Crippen molar-refractivity contribution in [3.63, 3.8) is 0 Å². The van der Waals surface area contributed by atoms with Crippen LogP contribution in [0.25, 0.3) is 16.9 Å². The SMILES string of the molecule is Cc1ccc(C)c(-n2nnc(CN)c2-c2ccc(C)c(C)c2)c1. The molecule has 23 heavy (non-hydrogen) atoms. The zero-order valence-electron chi connectivity index (χ0n) is 14.1. The highest BCUT2D eigenvalue weighted by Gasteiger charge is 2.17. The number of benzene rings is 2. The summed E-state index contributed by atoms with van der Waals surface area (Å²) in [7, 11) is 0. The van der Waals surface area contributed by atoms with Crippen LogP contribution in [-0.4, -0.2) is 15.0 Å². The Morgan fingerprint density at radius 2 is 1.65 bits per heavy atom. The smallest absolute Gasteiger partial charge is 0.105 e. The topological polar surface area (TPSA) is 56.7 Å². The molecular weight excluding hydrogens is 284 g/mol. The zero-order valence-corrected chi connectivity index (χ0v) is 14.1. The van der Waals surface area contributed by atoms with E-state index in [-0.39, 0.29) is 0 Å². The van der Waals surface area contributed by atoms with Crippen molar-refractivity contribution in [1.29, 1.82) is 0 Å². The third kappa shape index (κ3) is 2.78. The molecule has 3 rings (SSSR count). The van der Waals surface area contributed by atoms with Crippen LogP contribution in [0.4, 0.5) is 0 Å². The molecule has 0 radical (unpaired) electrons. The Kier molecular flexibility index (Phi) is 4.01. The predicted octanol–water partition coefficient (Wildman–Crippen LogP) is 3.63. The summed E-state index contributed by atoms with van der Waals surface area (Å²) in [5.41, 5.74) is 14.7. The second-order valence-corrected chi connectivity index (χ2v) is 6.09. The molecular formula is C19H22N4. The van der Waals surface area contributed by atoms with Gasteiger partial charge in [-0.05, 0) is 62.1 Å². The molecule has 0 unspecified atom stereocenters. The molecule has 0 saturated carbocycles. The summed E-state index contributed by atoms with van der Waals surface area (Å²) in [6.45, 7) is 8.77. The molecule has 2 N–H and O–H groups in total. The molecule has 0 spiro atoms. The average molecular weight is 306 g/mol. The number of aryl methyl sites for hydroxylation is 4. The van der Waals surface area contributed by atoms with E-state index in [1.54, 1.807) is 0 Å². The number of hydrogen-bond acceptors (Lipinski definition) is 3. The lowest BCUT2D eigenvalue weighted by Gasteiger charge is -2.12. The number of aromatic nitrogens is 3. The fraction of sp³-hybridized carbons (Fsp3) is 0.263. The van der Waals surface area contributed by atoms with Crippen molar-refractivity contribution >= 4 is 0 Å². The Morgan fingerprint density at radius 1 is 0.913 bits per heavy atom. The van der Waals surface area contributed by atoms with Gasteiger partial charge in [-0.3, -0.25) is 0 Å². The van der Waals surface area contributed by atoms with Crippen molar-refractivity contribution in [3.8, 4) is 16.9 Å². The maximum atomic E-state index is 5.90. The molecule has 4 nitrogen and oxygen atoms in total. The van der Waals surface area contributed by atoms with Crippen molar-refractivity contribution in [1.82, 2.24) is 15.0 Å². The predicted molar refractivity (Wildman–Crippen MR) is 93.6 cm³/mol. The van der Waals surface area contributed by atoms with Crippen LogP contribution < -0.4 is 5.73 Å². The molecule has 0 fully saturated rings. The first-order valence-electron chi connectivity index (χ1n) is 7.81. The van der Waals surface area contributed by atoms with Gasteiger partial charge in [0.05, 0.1) is 11.4 Å². The molecule has 1 heterocycles. The van der Waals surface area contributed by atoms with Gasteiger partial charge in [-0.2, -0.15) is 0 Å². The number of hydrogen-bond donors (Lipinski definition) is 1. The Balaban J connectivity index is 2.25. The molecule has 0 amide bonds. The lowest BCUT2D eigenvalue weighted by Crippen LogP contribution is -2.04. The maximum absolute atomic E-state index is 5.90. The molecule has 1 aromatic heterocycles. The quantitative estimate of drug-likeness (QED) is 0.804. The second-order valence-electron chi connectivity index (χ2n) is 6.09. The molecule has 0 bridgehead atoms. The van der Waals surface area contributed by atoms with Crippen molar-refractivity contribution < 1.29 is 0 Å². The van der Waals surface area contributed by atoms with E-state index >= 15 is 0 Å². The summed E-state index contributed by atoms with van der Waals surface area (Å²) in [6.07, 6.45) is 0. The van der Waals surface area contributed by atoms with Gasteiger partial charge in [-0.15, -0.1) is 5.10 Å². The third-order valence-corrected chi connectivity index (χ3v) is 4.31. The normalized spacial score (nSPS) is 11.0. The van der Waals surface area contributed by atoms with Crippen LogP contribution in [0.1, 0.15) is 27.9 Å². The highest BCUT2D eigenvalue weighted by atomic mass is 15.4. The summed E-state index contributed by atoms with van der Waals surface area (Å²) in [6, 6.07) is 12.8. The summed E-state index contributed by atoms with van der Waals surface area (Å²) in [5.74, 6) is 0. The second kappa shape index (κ2) is 5.97. The highest BCUT2D eigenvalue weighted by molar-refractivity contribution is 5.66.